The molecule has 6 atom stereocenters. The molecular weight excluding hydrogens is 839 g/mol. The SMILES string of the molecule is CC#CC#CC#CC#CC#CC#CC#CC#CC#CC#CC#CC#CC(=O)N[C@@H](COCC1OC(C)(C)O[C@H]1[C@@H]1COC(C)(C)O1)[C@H](OC(C)C)[C@H](O)CCCCCCCCCCCCCC. The average Bonchev–Trinajstić information content (AvgIpc) is 3.81. The maximum absolute atomic E-state index is 13.2. The van der Waals surface area contributed by atoms with E-state index in [1.165, 1.54) is 57.8 Å². The van der Waals surface area contributed by atoms with Crippen molar-refractivity contribution < 1.29 is 38.3 Å². The van der Waals surface area contributed by atoms with Crippen LogP contribution in [0.2, 0.25) is 0 Å². The van der Waals surface area contributed by atoms with Gasteiger partial charge in [-0.3, -0.25) is 4.79 Å². The van der Waals surface area contributed by atoms with E-state index in [0.29, 0.717) is 13.0 Å². The molecule has 0 aliphatic carbocycles. The Morgan fingerprint density at radius 1 is 0.627 bits per heavy atom. The highest BCUT2D eigenvalue weighted by Gasteiger charge is 2.50. The number of hydrogen-bond acceptors (Lipinski definition) is 8. The number of aliphatic hydroxyl groups excluding tert-OH is 1. The smallest absolute Gasteiger partial charge is 0.297 e. The Morgan fingerprint density at radius 3 is 1.51 bits per heavy atom. The molecule has 0 aromatic carbocycles. The molecule has 9 nitrogen and oxygen atoms in total. The molecule has 0 spiro atoms. The molecule has 2 aliphatic rings. The zero-order valence-electron chi connectivity index (χ0n) is 40.7. The monoisotopic (exact) mass is 903 g/mol. The number of aliphatic hydroxyl groups is 1. The summed E-state index contributed by atoms with van der Waals surface area (Å²) in [7, 11) is 0. The number of amides is 1. The summed E-state index contributed by atoms with van der Waals surface area (Å²) in [5.74, 6) is 58.7. The van der Waals surface area contributed by atoms with Crippen LogP contribution in [0.15, 0.2) is 0 Å². The molecule has 2 N–H and O–H groups in total. The van der Waals surface area contributed by atoms with E-state index in [1.807, 2.05) is 41.5 Å². The van der Waals surface area contributed by atoms with Gasteiger partial charge >= 0.3 is 0 Å². The Kier molecular flexibility index (Phi) is 29.9. The number of rotatable bonds is 23. The summed E-state index contributed by atoms with van der Waals surface area (Å²) in [6, 6.07) is -0.756. The number of carbonyl (C=O) groups excluding carboxylic acids is 1. The van der Waals surface area contributed by atoms with Crippen molar-refractivity contribution in [2.45, 2.75) is 193 Å². The first kappa shape index (κ1) is 57.0. The number of nitrogens with one attached hydrogen (secondary N) is 1. The molecule has 9 heteroatoms. The van der Waals surface area contributed by atoms with Gasteiger partial charge in [-0.25, -0.2) is 0 Å². The van der Waals surface area contributed by atoms with Gasteiger partial charge in [0, 0.05) is 41.4 Å². The van der Waals surface area contributed by atoms with Crippen LogP contribution in [0, 0.1) is 142 Å². The van der Waals surface area contributed by atoms with Gasteiger partial charge in [-0.05, 0) is 150 Å². The van der Waals surface area contributed by atoms with E-state index in [-0.39, 0.29) is 25.4 Å². The first-order chi connectivity index (χ1) is 32.4. The summed E-state index contributed by atoms with van der Waals surface area (Å²) in [5.41, 5.74) is 0. The second-order valence-corrected chi connectivity index (χ2v) is 16.6. The van der Waals surface area contributed by atoms with Gasteiger partial charge in [0.15, 0.2) is 11.6 Å². The van der Waals surface area contributed by atoms with Crippen molar-refractivity contribution >= 4 is 5.91 Å². The molecule has 350 valence electrons. The summed E-state index contributed by atoms with van der Waals surface area (Å²) < 4.78 is 36.9. The molecule has 0 bridgehead atoms. The minimum Gasteiger partial charge on any atom is -0.390 e. The van der Waals surface area contributed by atoms with Crippen molar-refractivity contribution in [2.24, 2.45) is 0 Å². The van der Waals surface area contributed by atoms with Crippen LogP contribution in [0.3, 0.4) is 0 Å². The van der Waals surface area contributed by atoms with Crippen molar-refractivity contribution in [1.82, 2.24) is 5.32 Å². The highest BCUT2D eigenvalue weighted by molar-refractivity contribution is 5.94. The molecule has 0 aromatic rings. The van der Waals surface area contributed by atoms with Crippen LogP contribution >= 0.6 is 0 Å². The van der Waals surface area contributed by atoms with Gasteiger partial charge in [-0.15, -0.1) is 0 Å². The second kappa shape index (κ2) is 35.1. The average molecular weight is 904 g/mol. The molecule has 0 radical (unpaired) electrons. The van der Waals surface area contributed by atoms with E-state index in [4.69, 9.17) is 28.4 Å². The zero-order valence-corrected chi connectivity index (χ0v) is 40.7. The highest BCUT2D eigenvalue weighted by Crippen LogP contribution is 2.35. The van der Waals surface area contributed by atoms with E-state index in [1.54, 1.807) is 6.92 Å². The Bertz CT molecular complexity index is 2380. The maximum Gasteiger partial charge on any atom is 0.297 e. The van der Waals surface area contributed by atoms with Crippen LogP contribution in [0.25, 0.3) is 0 Å². The number of carbonyl (C=O) groups is 1. The van der Waals surface area contributed by atoms with Crippen molar-refractivity contribution in [1.29, 1.82) is 0 Å². The lowest BCUT2D eigenvalue weighted by Gasteiger charge is -2.33. The predicted molar refractivity (Wildman–Crippen MR) is 262 cm³/mol. The minimum atomic E-state index is -0.867. The van der Waals surface area contributed by atoms with Crippen molar-refractivity contribution in [3.8, 4) is 142 Å². The molecule has 1 amide bonds. The fourth-order valence-electron chi connectivity index (χ4n) is 6.82. The summed E-state index contributed by atoms with van der Waals surface area (Å²) in [5, 5.41) is 14.5. The Labute approximate surface area is 403 Å². The van der Waals surface area contributed by atoms with E-state index in [2.05, 4.69) is 154 Å². The standard InChI is InChI=1S/C58H65NO8/c1-9-11-13-15-17-19-21-23-24-25-26-27-28-29-30-31-32-33-35-37-39-41-43-45-54(61)59-50(46-62-47-52-56(67-58(7,8)66-52)53-48-63-57(5,6)65-53)55(64-49(3)4)51(60)44-42-40-38-36-34-22-20-18-16-14-12-10-2/h49-53,55-56,60H,10,12,14,16,18,20,22,34,36,38,40,42,44,46-48H2,1-8H3,(H,59,61)/t50-,51+,52?,53-,55-,56+/m0/s1. The third-order valence-corrected chi connectivity index (χ3v) is 9.69. The molecule has 67 heavy (non-hydrogen) atoms. The number of hydrogen-bond donors (Lipinski definition) is 2. The summed E-state index contributed by atoms with van der Waals surface area (Å²) in [6.45, 7) is 15.6. The van der Waals surface area contributed by atoms with Gasteiger partial charge in [0.25, 0.3) is 5.91 Å². The Morgan fingerprint density at radius 2 is 1.07 bits per heavy atom. The van der Waals surface area contributed by atoms with Gasteiger partial charge < -0.3 is 38.8 Å². The van der Waals surface area contributed by atoms with E-state index in [9.17, 15) is 9.90 Å². The quantitative estimate of drug-likeness (QED) is 0.0890. The predicted octanol–water partition coefficient (Wildman–Crippen LogP) is 6.47. The lowest BCUT2D eigenvalue weighted by Crippen LogP contribution is -2.53. The molecule has 2 saturated heterocycles. The lowest BCUT2D eigenvalue weighted by atomic mass is 9.98. The van der Waals surface area contributed by atoms with Crippen molar-refractivity contribution in [2.75, 3.05) is 19.8 Å². The van der Waals surface area contributed by atoms with Gasteiger partial charge in [0.2, 0.25) is 0 Å². The summed E-state index contributed by atoms with van der Waals surface area (Å²) in [6.07, 6.45) is 11.9. The number of unbranched alkanes of at least 4 members (excludes halogenated alkanes) is 11. The number of ether oxygens (including phenoxy) is 6. The lowest BCUT2D eigenvalue weighted by molar-refractivity contribution is -0.175. The second-order valence-electron chi connectivity index (χ2n) is 16.6. The van der Waals surface area contributed by atoms with E-state index >= 15 is 0 Å². The highest BCUT2D eigenvalue weighted by atomic mass is 16.8. The molecule has 2 aliphatic heterocycles. The molecule has 0 aromatic heterocycles. The van der Waals surface area contributed by atoms with Crippen molar-refractivity contribution in [3.63, 3.8) is 0 Å². The van der Waals surface area contributed by atoms with Gasteiger partial charge in [-0.2, -0.15) is 0 Å². The minimum absolute atomic E-state index is 0.00677. The molecule has 2 fully saturated rings. The van der Waals surface area contributed by atoms with Crippen LogP contribution in [0.1, 0.15) is 139 Å². The third kappa shape index (κ3) is 28.5. The van der Waals surface area contributed by atoms with Crippen LogP contribution in [-0.4, -0.2) is 85.1 Å². The van der Waals surface area contributed by atoms with Crippen LogP contribution in [0.5, 0.6) is 0 Å². The van der Waals surface area contributed by atoms with Crippen LogP contribution in [-0.2, 0) is 33.2 Å². The van der Waals surface area contributed by atoms with Gasteiger partial charge in [0.1, 0.15) is 24.4 Å². The first-order valence-corrected chi connectivity index (χ1v) is 23.2. The van der Waals surface area contributed by atoms with Crippen LogP contribution < -0.4 is 5.32 Å². The Balaban J connectivity index is 2.05. The van der Waals surface area contributed by atoms with Crippen molar-refractivity contribution in [3.05, 3.63) is 0 Å². The van der Waals surface area contributed by atoms with E-state index in [0.717, 1.165) is 19.3 Å². The first-order valence-electron chi connectivity index (χ1n) is 23.2. The fourth-order valence-corrected chi connectivity index (χ4v) is 6.82. The molecule has 1 unspecified atom stereocenters. The largest absolute Gasteiger partial charge is 0.390 e. The molecule has 2 heterocycles. The maximum atomic E-state index is 13.2. The van der Waals surface area contributed by atoms with Gasteiger partial charge in [-0.1, -0.05) is 89.9 Å². The van der Waals surface area contributed by atoms with Gasteiger partial charge in [0.05, 0.1) is 38.1 Å². The topological polar surface area (TPSA) is 105 Å². The molecule has 0 saturated carbocycles. The zero-order chi connectivity index (χ0) is 48.9. The fraction of sp³-hybridized carbons (Fsp3) is 0.569. The Hall–Kier alpha value is -6.09. The summed E-state index contributed by atoms with van der Waals surface area (Å²) in [4.78, 5) is 13.2. The van der Waals surface area contributed by atoms with E-state index < -0.39 is 47.9 Å². The van der Waals surface area contributed by atoms with Crippen LogP contribution in [0.4, 0.5) is 0 Å². The molecule has 2 rings (SSSR count). The third-order valence-electron chi connectivity index (χ3n) is 9.69. The summed E-state index contributed by atoms with van der Waals surface area (Å²) >= 11 is 0. The molecular formula is C58H65NO8. The normalized spacial score (nSPS) is 17.6.